The van der Waals surface area contributed by atoms with Gasteiger partial charge in [-0.2, -0.15) is 4.98 Å². The zero-order chi connectivity index (χ0) is 12.4. The molecule has 0 atom stereocenters. The SMILES string of the molecule is NCC1CCC(c2nc(-c3ccc[nH]3)no2)CC1. The average Bonchev–Trinajstić information content (AvgIpc) is 3.09. The molecule has 3 N–H and O–H groups in total. The highest BCUT2D eigenvalue weighted by Gasteiger charge is 2.26. The van der Waals surface area contributed by atoms with Crippen molar-refractivity contribution < 1.29 is 4.52 Å². The van der Waals surface area contributed by atoms with Crippen molar-refractivity contribution in [1.82, 2.24) is 15.1 Å². The summed E-state index contributed by atoms with van der Waals surface area (Å²) >= 11 is 0. The second-order valence-electron chi connectivity index (χ2n) is 4.99. The lowest BCUT2D eigenvalue weighted by Crippen LogP contribution is -2.20. The van der Waals surface area contributed by atoms with E-state index in [2.05, 4.69) is 15.1 Å². The van der Waals surface area contributed by atoms with Crippen molar-refractivity contribution in [1.29, 1.82) is 0 Å². The van der Waals surface area contributed by atoms with E-state index in [0.29, 0.717) is 17.7 Å². The molecule has 1 aliphatic carbocycles. The van der Waals surface area contributed by atoms with Crippen molar-refractivity contribution in [3.8, 4) is 11.5 Å². The fourth-order valence-electron chi connectivity index (χ4n) is 2.62. The van der Waals surface area contributed by atoms with Crippen LogP contribution in [0.1, 0.15) is 37.5 Å². The molecule has 2 aromatic heterocycles. The molecule has 0 radical (unpaired) electrons. The van der Waals surface area contributed by atoms with Crippen molar-refractivity contribution in [2.24, 2.45) is 11.7 Å². The Kier molecular flexibility index (Phi) is 3.15. The van der Waals surface area contributed by atoms with Gasteiger partial charge in [-0.25, -0.2) is 0 Å². The summed E-state index contributed by atoms with van der Waals surface area (Å²) in [4.78, 5) is 7.57. The van der Waals surface area contributed by atoms with Crippen molar-refractivity contribution in [2.45, 2.75) is 31.6 Å². The van der Waals surface area contributed by atoms with Crippen molar-refractivity contribution in [2.75, 3.05) is 6.54 Å². The maximum absolute atomic E-state index is 5.70. The smallest absolute Gasteiger partial charge is 0.230 e. The molecule has 0 spiro atoms. The fraction of sp³-hybridized carbons (Fsp3) is 0.538. The Balaban J connectivity index is 1.71. The van der Waals surface area contributed by atoms with Gasteiger partial charge in [0.15, 0.2) is 0 Å². The van der Waals surface area contributed by atoms with Gasteiger partial charge in [0.25, 0.3) is 0 Å². The quantitative estimate of drug-likeness (QED) is 0.870. The van der Waals surface area contributed by atoms with Gasteiger partial charge in [0.05, 0.1) is 5.69 Å². The lowest BCUT2D eigenvalue weighted by molar-refractivity contribution is 0.275. The minimum Gasteiger partial charge on any atom is -0.359 e. The number of rotatable bonds is 3. The number of H-pyrrole nitrogens is 1. The summed E-state index contributed by atoms with van der Waals surface area (Å²) < 4.78 is 5.38. The molecule has 2 heterocycles. The van der Waals surface area contributed by atoms with Crippen molar-refractivity contribution in [3.05, 3.63) is 24.2 Å². The average molecular weight is 246 g/mol. The molecule has 1 fully saturated rings. The molecule has 3 rings (SSSR count). The van der Waals surface area contributed by atoms with Crippen LogP contribution in [0.4, 0.5) is 0 Å². The van der Waals surface area contributed by atoms with Gasteiger partial charge < -0.3 is 15.2 Å². The summed E-state index contributed by atoms with van der Waals surface area (Å²) in [6.45, 7) is 0.796. The number of aromatic amines is 1. The van der Waals surface area contributed by atoms with Gasteiger partial charge in [-0.15, -0.1) is 0 Å². The van der Waals surface area contributed by atoms with E-state index >= 15 is 0 Å². The monoisotopic (exact) mass is 246 g/mol. The lowest BCUT2D eigenvalue weighted by atomic mass is 9.82. The lowest BCUT2D eigenvalue weighted by Gasteiger charge is -2.24. The Morgan fingerprint density at radius 3 is 2.83 bits per heavy atom. The maximum atomic E-state index is 5.70. The highest BCUT2D eigenvalue weighted by molar-refractivity contribution is 5.47. The molecule has 0 aliphatic heterocycles. The van der Waals surface area contributed by atoms with E-state index < -0.39 is 0 Å². The van der Waals surface area contributed by atoms with Crippen LogP contribution in [0.25, 0.3) is 11.5 Å². The Hall–Kier alpha value is -1.62. The van der Waals surface area contributed by atoms with Crippen LogP contribution in [0.15, 0.2) is 22.9 Å². The van der Waals surface area contributed by atoms with Crippen LogP contribution in [0, 0.1) is 5.92 Å². The third kappa shape index (κ3) is 2.18. The molecule has 0 amide bonds. The van der Waals surface area contributed by atoms with Crippen LogP contribution in [-0.4, -0.2) is 21.7 Å². The van der Waals surface area contributed by atoms with E-state index in [1.165, 1.54) is 12.8 Å². The molecule has 18 heavy (non-hydrogen) atoms. The van der Waals surface area contributed by atoms with E-state index in [1.807, 2.05) is 18.3 Å². The summed E-state index contributed by atoms with van der Waals surface area (Å²) in [5.41, 5.74) is 6.60. The third-order valence-corrected chi connectivity index (χ3v) is 3.81. The second kappa shape index (κ2) is 4.94. The van der Waals surface area contributed by atoms with E-state index in [9.17, 15) is 0 Å². The van der Waals surface area contributed by atoms with E-state index in [-0.39, 0.29) is 0 Å². The van der Waals surface area contributed by atoms with Gasteiger partial charge in [-0.3, -0.25) is 0 Å². The summed E-state index contributed by atoms with van der Waals surface area (Å²) in [5.74, 6) is 2.50. The predicted octanol–water partition coefficient (Wildman–Crippen LogP) is 2.30. The predicted molar refractivity (Wildman–Crippen MR) is 67.8 cm³/mol. The number of nitrogens with two attached hydrogens (primary N) is 1. The van der Waals surface area contributed by atoms with Gasteiger partial charge in [-0.05, 0) is 50.3 Å². The summed E-state index contributed by atoms with van der Waals surface area (Å²) in [7, 11) is 0. The van der Waals surface area contributed by atoms with Crippen LogP contribution in [-0.2, 0) is 0 Å². The number of aromatic nitrogens is 3. The molecule has 0 bridgehead atoms. The summed E-state index contributed by atoms with van der Waals surface area (Å²) in [5, 5.41) is 4.03. The van der Waals surface area contributed by atoms with Gasteiger partial charge in [0.2, 0.25) is 11.7 Å². The molecule has 5 heteroatoms. The number of hydrogen-bond donors (Lipinski definition) is 2. The first kappa shape index (κ1) is 11.5. The highest BCUT2D eigenvalue weighted by atomic mass is 16.5. The Labute approximate surface area is 106 Å². The molecule has 1 saturated carbocycles. The van der Waals surface area contributed by atoms with Gasteiger partial charge in [0, 0.05) is 12.1 Å². The zero-order valence-electron chi connectivity index (χ0n) is 10.3. The fourth-order valence-corrected chi connectivity index (χ4v) is 2.62. The van der Waals surface area contributed by atoms with Crippen LogP contribution >= 0.6 is 0 Å². The standard InChI is InChI=1S/C13H18N4O/c14-8-9-3-5-10(6-4-9)13-16-12(17-18-13)11-2-1-7-15-11/h1-2,7,9-10,15H,3-6,8,14H2. The van der Waals surface area contributed by atoms with E-state index in [0.717, 1.165) is 31.0 Å². The van der Waals surface area contributed by atoms with E-state index in [4.69, 9.17) is 10.3 Å². The topological polar surface area (TPSA) is 80.7 Å². The second-order valence-corrected chi connectivity index (χ2v) is 4.99. The molecular weight excluding hydrogens is 228 g/mol. The number of hydrogen-bond acceptors (Lipinski definition) is 4. The first-order valence-corrected chi connectivity index (χ1v) is 6.54. The maximum Gasteiger partial charge on any atom is 0.230 e. The Bertz CT molecular complexity index is 483. The number of nitrogens with zero attached hydrogens (tertiary/aromatic N) is 2. The van der Waals surface area contributed by atoms with Crippen LogP contribution in [0.3, 0.4) is 0 Å². The first-order chi connectivity index (χ1) is 8.86. The van der Waals surface area contributed by atoms with Crippen LogP contribution < -0.4 is 5.73 Å². The summed E-state index contributed by atoms with van der Waals surface area (Å²) in [6.07, 6.45) is 6.41. The van der Waals surface area contributed by atoms with Gasteiger partial charge >= 0.3 is 0 Å². The molecule has 0 saturated heterocycles. The Morgan fingerprint density at radius 2 is 2.17 bits per heavy atom. The molecule has 96 valence electrons. The summed E-state index contributed by atoms with van der Waals surface area (Å²) in [6, 6.07) is 3.87. The van der Waals surface area contributed by atoms with Gasteiger partial charge in [0.1, 0.15) is 0 Å². The highest BCUT2D eigenvalue weighted by Crippen LogP contribution is 2.35. The first-order valence-electron chi connectivity index (χ1n) is 6.54. The zero-order valence-corrected chi connectivity index (χ0v) is 10.3. The largest absolute Gasteiger partial charge is 0.359 e. The minimum absolute atomic E-state index is 0.406. The number of nitrogens with one attached hydrogen (secondary N) is 1. The van der Waals surface area contributed by atoms with Crippen LogP contribution in [0.5, 0.6) is 0 Å². The normalized spacial score (nSPS) is 24.3. The molecular formula is C13H18N4O. The molecule has 5 nitrogen and oxygen atoms in total. The van der Waals surface area contributed by atoms with Gasteiger partial charge in [-0.1, -0.05) is 5.16 Å². The minimum atomic E-state index is 0.406. The van der Waals surface area contributed by atoms with Crippen molar-refractivity contribution >= 4 is 0 Å². The van der Waals surface area contributed by atoms with E-state index in [1.54, 1.807) is 0 Å². The van der Waals surface area contributed by atoms with Crippen LogP contribution in [0.2, 0.25) is 0 Å². The molecule has 2 aromatic rings. The third-order valence-electron chi connectivity index (χ3n) is 3.81. The molecule has 0 aromatic carbocycles. The Morgan fingerprint density at radius 1 is 1.33 bits per heavy atom. The van der Waals surface area contributed by atoms with Crippen molar-refractivity contribution in [3.63, 3.8) is 0 Å². The molecule has 1 aliphatic rings. The molecule has 0 unspecified atom stereocenters.